The van der Waals surface area contributed by atoms with Gasteiger partial charge in [-0.05, 0) is 44.0 Å². The van der Waals surface area contributed by atoms with Crippen LogP contribution in [-0.2, 0) is 6.54 Å². The van der Waals surface area contributed by atoms with E-state index in [9.17, 15) is 0 Å². The van der Waals surface area contributed by atoms with Crippen molar-refractivity contribution in [2.75, 3.05) is 25.9 Å². The third kappa shape index (κ3) is 4.26. The first-order valence-electron chi connectivity index (χ1n) is 7.01. The van der Waals surface area contributed by atoms with Crippen LogP contribution in [0.1, 0.15) is 24.8 Å². The average molecular weight is 318 g/mol. The number of hydrogen-bond donors (Lipinski definition) is 1. The number of likely N-dealkylation sites (N-methyl/N-ethyl adjacent to an activating group) is 1. The monoisotopic (exact) mass is 317 g/mol. The molecule has 1 saturated carbocycles. The topological polar surface area (TPSA) is 32.5 Å². The number of likely N-dealkylation sites (tertiary alicyclic amines) is 1. The summed E-state index contributed by atoms with van der Waals surface area (Å²) < 4.78 is 0. The van der Waals surface area contributed by atoms with Gasteiger partial charge in [-0.3, -0.25) is 9.80 Å². The summed E-state index contributed by atoms with van der Waals surface area (Å²) in [5, 5.41) is 0. The predicted octanol–water partition coefficient (Wildman–Crippen LogP) is 2.78. The van der Waals surface area contributed by atoms with Gasteiger partial charge in [0.15, 0.2) is 0 Å². The van der Waals surface area contributed by atoms with E-state index in [1.54, 1.807) is 0 Å². The maximum absolute atomic E-state index is 5.83. The first-order chi connectivity index (χ1) is 8.72. The summed E-state index contributed by atoms with van der Waals surface area (Å²) in [5.74, 6) is 0. The minimum absolute atomic E-state index is 0. The fourth-order valence-corrected chi connectivity index (χ4v) is 3.01. The lowest BCUT2D eigenvalue weighted by Crippen LogP contribution is -2.34. The molecule has 5 heteroatoms. The Morgan fingerprint density at radius 3 is 2.65 bits per heavy atom. The van der Waals surface area contributed by atoms with Crippen molar-refractivity contribution in [1.82, 2.24) is 9.80 Å². The molecule has 3 rings (SSSR count). The SMILES string of the molecule is CN(Cc1cccc(N)c1)C1CCN(C2CC2)C1.Cl.Cl. The van der Waals surface area contributed by atoms with Gasteiger partial charge < -0.3 is 5.73 Å². The van der Waals surface area contributed by atoms with Crippen molar-refractivity contribution >= 4 is 30.5 Å². The van der Waals surface area contributed by atoms with E-state index in [1.165, 1.54) is 37.9 Å². The van der Waals surface area contributed by atoms with Gasteiger partial charge in [-0.1, -0.05) is 12.1 Å². The Morgan fingerprint density at radius 2 is 2.00 bits per heavy atom. The van der Waals surface area contributed by atoms with Crippen molar-refractivity contribution in [3.05, 3.63) is 29.8 Å². The van der Waals surface area contributed by atoms with Crippen molar-refractivity contribution in [3.8, 4) is 0 Å². The molecule has 1 aliphatic heterocycles. The molecule has 2 fully saturated rings. The zero-order chi connectivity index (χ0) is 12.5. The average Bonchev–Trinajstić information content (AvgIpc) is 3.07. The quantitative estimate of drug-likeness (QED) is 0.867. The van der Waals surface area contributed by atoms with Crippen molar-refractivity contribution in [2.24, 2.45) is 0 Å². The lowest BCUT2D eigenvalue weighted by atomic mass is 10.1. The standard InChI is InChI=1S/C15H23N3.2ClH/c1-17(10-12-3-2-4-13(16)9-12)15-7-8-18(11-15)14-5-6-14;;/h2-4,9,14-15H,5-8,10-11,16H2,1H3;2*1H. The van der Waals surface area contributed by atoms with Crippen LogP contribution in [0.25, 0.3) is 0 Å². The number of hydrogen-bond acceptors (Lipinski definition) is 3. The normalized spacial score (nSPS) is 22.4. The van der Waals surface area contributed by atoms with E-state index < -0.39 is 0 Å². The molecule has 1 aliphatic carbocycles. The molecule has 1 unspecified atom stereocenters. The van der Waals surface area contributed by atoms with Gasteiger partial charge in [0.2, 0.25) is 0 Å². The van der Waals surface area contributed by atoms with E-state index in [2.05, 4.69) is 29.0 Å². The fraction of sp³-hybridized carbons (Fsp3) is 0.600. The second-order valence-corrected chi connectivity index (χ2v) is 5.83. The van der Waals surface area contributed by atoms with Crippen molar-refractivity contribution in [1.29, 1.82) is 0 Å². The van der Waals surface area contributed by atoms with Gasteiger partial charge in [0, 0.05) is 37.4 Å². The van der Waals surface area contributed by atoms with Crippen LogP contribution >= 0.6 is 24.8 Å². The molecule has 0 aromatic heterocycles. The van der Waals surface area contributed by atoms with E-state index in [0.717, 1.165) is 18.3 Å². The highest BCUT2D eigenvalue weighted by Crippen LogP contribution is 2.31. The number of anilines is 1. The van der Waals surface area contributed by atoms with Gasteiger partial charge >= 0.3 is 0 Å². The minimum atomic E-state index is 0. The number of nitrogens with zero attached hydrogens (tertiary/aromatic N) is 2. The molecule has 0 amide bonds. The summed E-state index contributed by atoms with van der Waals surface area (Å²) in [5.41, 5.74) is 8.02. The molecule has 20 heavy (non-hydrogen) atoms. The maximum Gasteiger partial charge on any atom is 0.0317 e. The van der Waals surface area contributed by atoms with E-state index >= 15 is 0 Å². The van der Waals surface area contributed by atoms with Gasteiger partial charge in [0.25, 0.3) is 0 Å². The van der Waals surface area contributed by atoms with Crippen LogP contribution in [0.3, 0.4) is 0 Å². The second kappa shape index (κ2) is 7.51. The van der Waals surface area contributed by atoms with Crippen LogP contribution in [0.5, 0.6) is 0 Å². The Morgan fingerprint density at radius 1 is 1.25 bits per heavy atom. The molecule has 114 valence electrons. The summed E-state index contributed by atoms with van der Waals surface area (Å²) in [4.78, 5) is 5.15. The van der Waals surface area contributed by atoms with Gasteiger partial charge in [0.05, 0.1) is 0 Å². The molecule has 1 saturated heterocycles. The van der Waals surface area contributed by atoms with Gasteiger partial charge in [-0.15, -0.1) is 24.8 Å². The molecule has 1 atom stereocenters. The first-order valence-corrected chi connectivity index (χ1v) is 7.01. The van der Waals surface area contributed by atoms with Gasteiger partial charge in [-0.2, -0.15) is 0 Å². The number of nitrogen functional groups attached to an aromatic ring is 1. The molecule has 0 spiro atoms. The number of rotatable bonds is 4. The Kier molecular flexibility index (Phi) is 6.59. The molecular formula is C15H25Cl2N3. The minimum Gasteiger partial charge on any atom is -0.399 e. The Bertz CT molecular complexity index is 423. The lowest BCUT2D eigenvalue weighted by Gasteiger charge is -2.25. The van der Waals surface area contributed by atoms with Crippen molar-refractivity contribution in [2.45, 2.75) is 37.9 Å². The number of halogens is 2. The summed E-state index contributed by atoms with van der Waals surface area (Å²) in [7, 11) is 2.24. The maximum atomic E-state index is 5.83. The predicted molar refractivity (Wildman–Crippen MR) is 89.8 cm³/mol. The molecule has 0 radical (unpaired) electrons. The molecule has 3 nitrogen and oxygen atoms in total. The van der Waals surface area contributed by atoms with Crippen LogP contribution in [0.4, 0.5) is 5.69 Å². The van der Waals surface area contributed by atoms with Crippen LogP contribution in [0.15, 0.2) is 24.3 Å². The van der Waals surface area contributed by atoms with Crippen LogP contribution in [0, 0.1) is 0 Å². The Hall–Kier alpha value is -0.480. The number of benzene rings is 1. The molecule has 1 aromatic carbocycles. The molecule has 0 bridgehead atoms. The van der Waals surface area contributed by atoms with Gasteiger partial charge in [0.1, 0.15) is 0 Å². The van der Waals surface area contributed by atoms with Crippen LogP contribution in [0.2, 0.25) is 0 Å². The highest BCUT2D eigenvalue weighted by atomic mass is 35.5. The van der Waals surface area contributed by atoms with E-state index in [0.29, 0.717) is 6.04 Å². The van der Waals surface area contributed by atoms with Crippen molar-refractivity contribution < 1.29 is 0 Å². The van der Waals surface area contributed by atoms with E-state index in [1.807, 2.05) is 12.1 Å². The summed E-state index contributed by atoms with van der Waals surface area (Å²) >= 11 is 0. The molecule has 1 heterocycles. The largest absolute Gasteiger partial charge is 0.399 e. The third-order valence-electron chi connectivity index (χ3n) is 4.26. The highest BCUT2D eigenvalue weighted by Gasteiger charge is 2.35. The third-order valence-corrected chi connectivity index (χ3v) is 4.26. The Balaban J connectivity index is 0.000001000. The zero-order valence-corrected chi connectivity index (χ0v) is 13.6. The molecular weight excluding hydrogens is 293 g/mol. The summed E-state index contributed by atoms with van der Waals surface area (Å²) in [6.45, 7) is 3.55. The molecule has 2 aliphatic rings. The fourth-order valence-electron chi connectivity index (χ4n) is 3.01. The van der Waals surface area contributed by atoms with E-state index in [4.69, 9.17) is 5.73 Å². The van der Waals surface area contributed by atoms with Crippen LogP contribution < -0.4 is 5.73 Å². The number of nitrogens with two attached hydrogens (primary N) is 1. The highest BCUT2D eigenvalue weighted by molar-refractivity contribution is 5.85. The first kappa shape index (κ1) is 17.6. The summed E-state index contributed by atoms with van der Waals surface area (Å²) in [6, 6.07) is 9.88. The van der Waals surface area contributed by atoms with Crippen molar-refractivity contribution in [3.63, 3.8) is 0 Å². The Labute approximate surface area is 134 Å². The lowest BCUT2D eigenvalue weighted by molar-refractivity contribution is 0.222. The second-order valence-electron chi connectivity index (χ2n) is 5.83. The zero-order valence-electron chi connectivity index (χ0n) is 12.0. The smallest absolute Gasteiger partial charge is 0.0317 e. The molecule has 1 aromatic rings. The van der Waals surface area contributed by atoms with E-state index in [-0.39, 0.29) is 24.8 Å². The summed E-state index contributed by atoms with van der Waals surface area (Å²) in [6.07, 6.45) is 4.16. The van der Waals surface area contributed by atoms with Gasteiger partial charge in [-0.25, -0.2) is 0 Å². The molecule has 2 N–H and O–H groups in total. The van der Waals surface area contributed by atoms with Crippen LogP contribution in [-0.4, -0.2) is 42.0 Å².